The predicted octanol–water partition coefficient (Wildman–Crippen LogP) is 4.28. The highest BCUT2D eigenvalue weighted by Gasteiger charge is 2.26. The van der Waals surface area contributed by atoms with Gasteiger partial charge in [0, 0.05) is 0 Å². The second kappa shape index (κ2) is 5.86. The van der Waals surface area contributed by atoms with Gasteiger partial charge in [0.1, 0.15) is 0 Å². The molecule has 3 heteroatoms. The summed E-state index contributed by atoms with van der Waals surface area (Å²) in [5.74, 6) is 0. The molecule has 0 saturated carbocycles. The Balaban J connectivity index is 2.41. The summed E-state index contributed by atoms with van der Waals surface area (Å²) in [6, 6.07) is 13.9. The van der Waals surface area contributed by atoms with Gasteiger partial charge in [-0.05, 0) is 38.5 Å². The average Bonchev–Trinajstić information content (AvgIpc) is 2.40. The molecule has 2 N–H and O–H groups in total. The predicted molar refractivity (Wildman–Crippen MR) is 85.4 cm³/mol. The van der Waals surface area contributed by atoms with Crippen molar-refractivity contribution < 1.29 is 5.11 Å². The number of aliphatic hydroxyl groups excluding tert-OH is 1. The second-order valence-electron chi connectivity index (χ2n) is 5.47. The van der Waals surface area contributed by atoms with Gasteiger partial charge in [-0.2, -0.15) is 0 Å². The lowest BCUT2D eigenvalue weighted by Crippen LogP contribution is -2.36. The highest BCUT2D eigenvalue weighted by Crippen LogP contribution is 2.30. The van der Waals surface area contributed by atoms with Crippen LogP contribution in [0.1, 0.15) is 23.6 Å². The molecule has 0 aliphatic rings. The molecule has 2 aromatic rings. The van der Waals surface area contributed by atoms with Crippen LogP contribution in [0.15, 0.2) is 42.5 Å². The third-order valence-electron chi connectivity index (χ3n) is 3.46. The van der Waals surface area contributed by atoms with Crippen molar-refractivity contribution in [2.24, 2.45) is 0 Å². The quantitative estimate of drug-likeness (QED) is 0.881. The molecular weight excluding hydrogens is 270 g/mol. The molecule has 0 aliphatic heterocycles. The summed E-state index contributed by atoms with van der Waals surface area (Å²) < 4.78 is 0. The molecular formula is C17H20ClNO. The smallest absolute Gasteiger partial charge is 0.0828 e. The summed E-state index contributed by atoms with van der Waals surface area (Å²) in [5, 5.41) is 13.9. The molecule has 106 valence electrons. The summed E-state index contributed by atoms with van der Waals surface area (Å²) in [6.45, 7) is 6.08. The van der Waals surface area contributed by atoms with E-state index in [0.29, 0.717) is 5.02 Å². The number of halogens is 1. The fraction of sp³-hybridized carbons (Fsp3) is 0.294. The molecule has 20 heavy (non-hydrogen) atoms. The Hall–Kier alpha value is -1.51. The first-order valence-electron chi connectivity index (χ1n) is 6.67. The molecule has 0 aromatic heterocycles. The molecule has 0 spiro atoms. The number of hydrogen-bond acceptors (Lipinski definition) is 2. The normalized spacial score (nSPS) is 13.8. The van der Waals surface area contributed by atoms with Gasteiger partial charge in [0.15, 0.2) is 0 Å². The van der Waals surface area contributed by atoms with Crippen molar-refractivity contribution in [1.29, 1.82) is 0 Å². The van der Waals surface area contributed by atoms with E-state index in [4.69, 9.17) is 11.6 Å². The van der Waals surface area contributed by atoms with E-state index < -0.39 is 5.54 Å². The minimum Gasteiger partial charge on any atom is -0.394 e. The third-order valence-corrected chi connectivity index (χ3v) is 3.79. The summed E-state index contributed by atoms with van der Waals surface area (Å²) in [4.78, 5) is 0. The lowest BCUT2D eigenvalue weighted by molar-refractivity contribution is 0.224. The summed E-state index contributed by atoms with van der Waals surface area (Å²) in [7, 11) is 0. The zero-order chi connectivity index (χ0) is 14.8. The minimum absolute atomic E-state index is 0.0128. The van der Waals surface area contributed by atoms with E-state index in [2.05, 4.69) is 37.4 Å². The van der Waals surface area contributed by atoms with Crippen LogP contribution in [0, 0.1) is 13.8 Å². The number of benzene rings is 2. The van der Waals surface area contributed by atoms with E-state index in [0.717, 1.165) is 11.3 Å². The van der Waals surface area contributed by atoms with Crippen LogP contribution in [-0.4, -0.2) is 11.7 Å². The topological polar surface area (TPSA) is 32.3 Å². The van der Waals surface area contributed by atoms with Crippen molar-refractivity contribution in [2.75, 3.05) is 11.9 Å². The monoisotopic (exact) mass is 289 g/mol. The van der Waals surface area contributed by atoms with Crippen molar-refractivity contribution in [3.63, 3.8) is 0 Å². The van der Waals surface area contributed by atoms with Gasteiger partial charge in [-0.25, -0.2) is 0 Å². The maximum Gasteiger partial charge on any atom is 0.0828 e. The van der Waals surface area contributed by atoms with E-state index >= 15 is 0 Å². The SMILES string of the molecule is Cc1cc(C)cc(C(C)(CO)Nc2ccccc2Cl)c1. The highest BCUT2D eigenvalue weighted by atomic mass is 35.5. The molecule has 1 atom stereocenters. The summed E-state index contributed by atoms with van der Waals surface area (Å²) in [6.07, 6.45) is 0. The number of anilines is 1. The molecule has 0 fully saturated rings. The first kappa shape index (κ1) is 14.9. The van der Waals surface area contributed by atoms with E-state index in [-0.39, 0.29) is 6.61 Å². The molecule has 1 unspecified atom stereocenters. The Morgan fingerprint density at radius 2 is 1.70 bits per heavy atom. The van der Waals surface area contributed by atoms with Crippen LogP contribution < -0.4 is 5.32 Å². The fourth-order valence-corrected chi connectivity index (χ4v) is 2.54. The molecule has 0 aliphatic carbocycles. The minimum atomic E-state index is -0.568. The molecule has 2 rings (SSSR count). The van der Waals surface area contributed by atoms with Crippen molar-refractivity contribution in [3.8, 4) is 0 Å². The molecule has 0 saturated heterocycles. The number of aliphatic hydroxyl groups is 1. The Labute approximate surface area is 125 Å². The Bertz CT molecular complexity index is 591. The van der Waals surface area contributed by atoms with Gasteiger partial charge < -0.3 is 10.4 Å². The molecule has 0 amide bonds. The van der Waals surface area contributed by atoms with Gasteiger partial charge in [0.2, 0.25) is 0 Å². The molecule has 0 bridgehead atoms. The number of rotatable bonds is 4. The van der Waals surface area contributed by atoms with E-state index in [1.165, 1.54) is 11.1 Å². The largest absolute Gasteiger partial charge is 0.394 e. The summed E-state index contributed by atoms with van der Waals surface area (Å²) >= 11 is 6.19. The maximum atomic E-state index is 9.87. The number of nitrogens with one attached hydrogen (secondary N) is 1. The summed E-state index contributed by atoms with van der Waals surface area (Å²) in [5.41, 5.74) is 3.67. The van der Waals surface area contributed by atoms with E-state index in [1.807, 2.05) is 31.2 Å². The van der Waals surface area contributed by atoms with Crippen LogP contribution in [0.4, 0.5) is 5.69 Å². The highest BCUT2D eigenvalue weighted by molar-refractivity contribution is 6.33. The van der Waals surface area contributed by atoms with E-state index in [1.54, 1.807) is 0 Å². The standard InChI is InChI=1S/C17H20ClNO/c1-12-8-13(2)10-14(9-12)17(3,11-20)19-16-7-5-4-6-15(16)18/h4-10,19-20H,11H2,1-3H3. The maximum absolute atomic E-state index is 9.87. The number of aryl methyl sites for hydroxylation is 2. The molecule has 0 radical (unpaired) electrons. The molecule has 0 heterocycles. The third kappa shape index (κ3) is 3.14. The van der Waals surface area contributed by atoms with Gasteiger partial charge >= 0.3 is 0 Å². The Kier molecular flexibility index (Phi) is 4.36. The van der Waals surface area contributed by atoms with Crippen LogP contribution in [0.25, 0.3) is 0 Å². The van der Waals surface area contributed by atoms with Crippen LogP contribution in [-0.2, 0) is 5.54 Å². The van der Waals surface area contributed by atoms with Gasteiger partial charge in [-0.1, -0.05) is 53.1 Å². The number of para-hydroxylation sites is 1. The molecule has 2 nitrogen and oxygen atoms in total. The Morgan fingerprint density at radius 3 is 2.25 bits per heavy atom. The first-order chi connectivity index (χ1) is 9.44. The van der Waals surface area contributed by atoms with Gasteiger partial charge in [0.25, 0.3) is 0 Å². The van der Waals surface area contributed by atoms with Crippen LogP contribution >= 0.6 is 11.6 Å². The lowest BCUT2D eigenvalue weighted by atomic mass is 9.90. The van der Waals surface area contributed by atoms with Crippen LogP contribution in [0.3, 0.4) is 0 Å². The van der Waals surface area contributed by atoms with Crippen LogP contribution in [0.5, 0.6) is 0 Å². The average molecular weight is 290 g/mol. The van der Waals surface area contributed by atoms with Crippen LogP contribution in [0.2, 0.25) is 5.02 Å². The van der Waals surface area contributed by atoms with E-state index in [9.17, 15) is 5.11 Å². The van der Waals surface area contributed by atoms with Gasteiger partial charge in [0.05, 0.1) is 22.9 Å². The molecule has 2 aromatic carbocycles. The van der Waals surface area contributed by atoms with Crippen molar-refractivity contribution in [1.82, 2.24) is 0 Å². The lowest BCUT2D eigenvalue weighted by Gasteiger charge is -2.31. The van der Waals surface area contributed by atoms with Gasteiger partial charge in [-0.3, -0.25) is 0 Å². The van der Waals surface area contributed by atoms with Crippen molar-refractivity contribution in [2.45, 2.75) is 26.3 Å². The second-order valence-corrected chi connectivity index (χ2v) is 5.88. The zero-order valence-corrected chi connectivity index (χ0v) is 12.8. The zero-order valence-electron chi connectivity index (χ0n) is 12.1. The Morgan fingerprint density at radius 1 is 1.10 bits per heavy atom. The first-order valence-corrected chi connectivity index (χ1v) is 7.05. The van der Waals surface area contributed by atoms with Gasteiger partial charge in [-0.15, -0.1) is 0 Å². The number of hydrogen-bond donors (Lipinski definition) is 2. The van der Waals surface area contributed by atoms with Crippen molar-refractivity contribution >= 4 is 17.3 Å². The van der Waals surface area contributed by atoms with Crippen molar-refractivity contribution in [3.05, 3.63) is 64.2 Å². The fourth-order valence-electron chi connectivity index (χ4n) is 2.36.